The lowest BCUT2D eigenvalue weighted by Crippen LogP contribution is -2.23. The normalized spacial score (nSPS) is 10.6. The van der Waals surface area contributed by atoms with Gasteiger partial charge in [-0.2, -0.15) is 0 Å². The third-order valence-corrected chi connectivity index (χ3v) is 3.50. The number of amides is 1. The minimum Gasteiger partial charge on any atom is -0.399 e. The van der Waals surface area contributed by atoms with Gasteiger partial charge in [-0.3, -0.25) is 4.79 Å². The van der Waals surface area contributed by atoms with Crippen molar-refractivity contribution in [3.63, 3.8) is 0 Å². The topological polar surface area (TPSA) is 71.2 Å². The van der Waals surface area contributed by atoms with Crippen molar-refractivity contribution in [3.8, 4) is 0 Å². The Morgan fingerprint density at radius 3 is 3.00 bits per heavy atom. The molecule has 1 aromatic heterocycles. The van der Waals surface area contributed by atoms with Gasteiger partial charge < -0.3 is 16.0 Å². The Morgan fingerprint density at radius 2 is 2.28 bits per heavy atom. The molecule has 18 heavy (non-hydrogen) atoms. The van der Waals surface area contributed by atoms with Crippen molar-refractivity contribution in [2.75, 3.05) is 31.7 Å². The highest BCUT2D eigenvalue weighted by atomic mass is 32.1. The lowest BCUT2D eigenvalue weighted by atomic mass is 10.3. The maximum atomic E-state index is 11.4. The van der Waals surface area contributed by atoms with Crippen LogP contribution in [-0.4, -0.2) is 36.4 Å². The number of anilines is 2. The van der Waals surface area contributed by atoms with Crippen LogP contribution in [0, 0.1) is 0 Å². The number of carbonyl (C=O) groups is 1. The van der Waals surface area contributed by atoms with Crippen molar-refractivity contribution in [2.24, 2.45) is 0 Å². The average molecular weight is 264 g/mol. The van der Waals surface area contributed by atoms with Crippen LogP contribution in [0.3, 0.4) is 0 Å². The van der Waals surface area contributed by atoms with Gasteiger partial charge in [0, 0.05) is 32.7 Å². The molecule has 0 bridgehead atoms. The molecule has 2 aromatic rings. The fourth-order valence-electron chi connectivity index (χ4n) is 1.52. The molecule has 0 aliphatic heterocycles. The van der Waals surface area contributed by atoms with Gasteiger partial charge in [-0.05, 0) is 18.2 Å². The summed E-state index contributed by atoms with van der Waals surface area (Å²) in [6, 6.07) is 5.64. The number of nitrogens with zero attached hydrogens (tertiary/aromatic N) is 2. The van der Waals surface area contributed by atoms with Crippen LogP contribution in [0.4, 0.5) is 10.8 Å². The Bertz CT molecular complexity index is 564. The molecule has 1 aromatic carbocycles. The first-order chi connectivity index (χ1) is 8.56. The first kappa shape index (κ1) is 12.6. The van der Waals surface area contributed by atoms with Gasteiger partial charge in [0.1, 0.15) is 0 Å². The maximum absolute atomic E-state index is 11.4. The summed E-state index contributed by atoms with van der Waals surface area (Å²) in [5.41, 5.74) is 7.38. The number of rotatable bonds is 4. The summed E-state index contributed by atoms with van der Waals surface area (Å²) in [5, 5.41) is 3.98. The Kier molecular flexibility index (Phi) is 3.66. The van der Waals surface area contributed by atoms with Crippen molar-refractivity contribution in [2.45, 2.75) is 6.42 Å². The number of nitrogen functional groups attached to an aromatic ring is 1. The largest absolute Gasteiger partial charge is 0.399 e. The van der Waals surface area contributed by atoms with E-state index >= 15 is 0 Å². The summed E-state index contributed by atoms with van der Waals surface area (Å²) in [4.78, 5) is 17.4. The van der Waals surface area contributed by atoms with Gasteiger partial charge in [0.2, 0.25) is 5.91 Å². The summed E-state index contributed by atoms with van der Waals surface area (Å²) >= 11 is 1.54. The zero-order chi connectivity index (χ0) is 13.1. The van der Waals surface area contributed by atoms with Crippen molar-refractivity contribution < 1.29 is 4.79 Å². The quantitative estimate of drug-likeness (QED) is 0.826. The number of benzene rings is 1. The van der Waals surface area contributed by atoms with Crippen LogP contribution in [0.2, 0.25) is 0 Å². The molecule has 0 aliphatic carbocycles. The smallest absolute Gasteiger partial charge is 0.223 e. The Hall–Kier alpha value is -1.82. The van der Waals surface area contributed by atoms with Gasteiger partial charge in [0.15, 0.2) is 5.13 Å². The molecular formula is C12H16N4OS. The molecule has 0 spiro atoms. The second kappa shape index (κ2) is 5.22. The minimum atomic E-state index is 0.104. The molecule has 3 N–H and O–H groups in total. The van der Waals surface area contributed by atoms with Crippen LogP contribution in [0.25, 0.3) is 10.2 Å². The van der Waals surface area contributed by atoms with Gasteiger partial charge in [-0.1, -0.05) is 11.3 Å². The fourth-order valence-corrected chi connectivity index (χ4v) is 2.46. The molecule has 0 unspecified atom stereocenters. The number of hydrogen-bond acceptors (Lipinski definition) is 5. The zero-order valence-electron chi connectivity index (χ0n) is 10.4. The number of nitrogens with two attached hydrogens (primary N) is 1. The van der Waals surface area contributed by atoms with Crippen molar-refractivity contribution in [1.29, 1.82) is 0 Å². The van der Waals surface area contributed by atoms with Crippen molar-refractivity contribution in [1.82, 2.24) is 9.88 Å². The average Bonchev–Trinajstić information content (AvgIpc) is 2.70. The van der Waals surface area contributed by atoms with Gasteiger partial charge in [0.25, 0.3) is 0 Å². The molecule has 1 heterocycles. The number of fused-ring (bicyclic) bond motifs is 1. The van der Waals surface area contributed by atoms with E-state index < -0.39 is 0 Å². The highest BCUT2D eigenvalue weighted by Gasteiger charge is 2.06. The van der Waals surface area contributed by atoms with Crippen molar-refractivity contribution in [3.05, 3.63) is 18.2 Å². The Morgan fingerprint density at radius 1 is 1.50 bits per heavy atom. The van der Waals surface area contributed by atoms with E-state index in [1.54, 1.807) is 30.3 Å². The monoisotopic (exact) mass is 264 g/mol. The first-order valence-electron chi connectivity index (χ1n) is 5.66. The van der Waals surface area contributed by atoms with E-state index in [9.17, 15) is 4.79 Å². The summed E-state index contributed by atoms with van der Waals surface area (Å²) < 4.78 is 1.05. The van der Waals surface area contributed by atoms with Gasteiger partial charge in [-0.25, -0.2) is 4.98 Å². The third kappa shape index (κ3) is 2.89. The van der Waals surface area contributed by atoms with Crippen molar-refractivity contribution >= 4 is 38.3 Å². The van der Waals surface area contributed by atoms with Crippen LogP contribution in [0.1, 0.15) is 6.42 Å². The van der Waals surface area contributed by atoms with E-state index in [1.165, 1.54) is 0 Å². The molecule has 6 heteroatoms. The van der Waals surface area contributed by atoms with E-state index in [0.717, 1.165) is 21.0 Å². The lowest BCUT2D eigenvalue weighted by molar-refractivity contribution is -0.128. The molecule has 0 saturated heterocycles. The van der Waals surface area contributed by atoms with E-state index in [0.29, 0.717) is 13.0 Å². The number of hydrogen-bond donors (Lipinski definition) is 2. The fraction of sp³-hybridized carbons (Fsp3) is 0.333. The van der Waals surface area contributed by atoms with Crippen LogP contribution in [-0.2, 0) is 4.79 Å². The molecule has 96 valence electrons. The van der Waals surface area contributed by atoms with E-state index in [-0.39, 0.29) is 5.91 Å². The minimum absolute atomic E-state index is 0.104. The van der Waals surface area contributed by atoms with E-state index in [4.69, 9.17) is 5.73 Å². The predicted octanol–water partition coefficient (Wildman–Crippen LogP) is 1.77. The second-order valence-corrected chi connectivity index (χ2v) is 5.24. The number of carbonyl (C=O) groups excluding carboxylic acids is 1. The van der Waals surface area contributed by atoms with Crippen LogP contribution < -0.4 is 11.1 Å². The summed E-state index contributed by atoms with van der Waals surface area (Å²) in [7, 11) is 3.51. The molecule has 1 amide bonds. The van der Waals surface area contributed by atoms with Gasteiger partial charge in [-0.15, -0.1) is 0 Å². The number of aromatic nitrogens is 1. The number of nitrogens with one attached hydrogen (secondary N) is 1. The van der Waals surface area contributed by atoms with E-state index in [1.807, 2.05) is 18.2 Å². The molecule has 5 nitrogen and oxygen atoms in total. The highest BCUT2D eigenvalue weighted by Crippen LogP contribution is 2.27. The first-order valence-corrected chi connectivity index (χ1v) is 6.48. The standard InChI is InChI=1S/C12H16N4OS/c1-16(2)11(17)5-6-14-12-15-9-4-3-8(13)7-10(9)18-12/h3-4,7H,5-6,13H2,1-2H3,(H,14,15). The zero-order valence-corrected chi connectivity index (χ0v) is 11.3. The molecule has 0 saturated carbocycles. The maximum Gasteiger partial charge on any atom is 0.223 e. The highest BCUT2D eigenvalue weighted by molar-refractivity contribution is 7.22. The summed E-state index contributed by atoms with van der Waals surface area (Å²) in [6.45, 7) is 0.590. The molecular weight excluding hydrogens is 248 g/mol. The summed E-state index contributed by atoms with van der Waals surface area (Å²) in [6.07, 6.45) is 0.463. The van der Waals surface area contributed by atoms with Crippen LogP contribution in [0.5, 0.6) is 0 Å². The van der Waals surface area contributed by atoms with Gasteiger partial charge >= 0.3 is 0 Å². The molecule has 2 rings (SSSR count). The molecule has 0 fully saturated rings. The molecule has 0 radical (unpaired) electrons. The SMILES string of the molecule is CN(C)C(=O)CCNc1nc2ccc(N)cc2s1. The third-order valence-electron chi connectivity index (χ3n) is 2.53. The predicted molar refractivity (Wildman–Crippen MR) is 75.8 cm³/mol. The Balaban J connectivity index is 1.98. The van der Waals surface area contributed by atoms with E-state index in [2.05, 4.69) is 10.3 Å². The Labute approximate surface area is 110 Å². The lowest BCUT2D eigenvalue weighted by Gasteiger charge is -2.09. The molecule has 0 aliphatic rings. The summed E-state index contributed by atoms with van der Waals surface area (Å²) in [5.74, 6) is 0.104. The van der Waals surface area contributed by atoms with Crippen LogP contribution >= 0.6 is 11.3 Å². The number of thiazole rings is 1. The second-order valence-electron chi connectivity index (χ2n) is 4.21. The van der Waals surface area contributed by atoms with Crippen LogP contribution in [0.15, 0.2) is 18.2 Å². The van der Waals surface area contributed by atoms with Gasteiger partial charge in [0.05, 0.1) is 10.2 Å². The molecule has 0 atom stereocenters.